The molecule has 1 aliphatic heterocycles. The van der Waals surface area contributed by atoms with Crippen molar-refractivity contribution >= 4 is 10.0 Å². The number of nitrogens with zero attached hydrogens (tertiary/aromatic N) is 1. The number of hydrogen-bond acceptors (Lipinski definition) is 3. The Labute approximate surface area is 125 Å². The molecule has 3 rings (SSSR count). The lowest BCUT2D eigenvalue weighted by Gasteiger charge is -2.29. The Morgan fingerprint density at radius 2 is 1.90 bits per heavy atom. The monoisotopic (exact) mass is 305 g/mol. The fraction of sp³-hybridized carbons (Fsp3) is 0.375. The van der Waals surface area contributed by atoms with Gasteiger partial charge in [0.05, 0.1) is 11.2 Å². The zero-order valence-electron chi connectivity index (χ0n) is 12.0. The molecule has 0 radical (unpaired) electrons. The van der Waals surface area contributed by atoms with E-state index in [-0.39, 0.29) is 0 Å². The summed E-state index contributed by atoms with van der Waals surface area (Å²) in [5, 5.41) is 0. The Morgan fingerprint density at radius 1 is 1.14 bits per heavy atom. The number of rotatable bonds is 3. The van der Waals surface area contributed by atoms with E-state index in [9.17, 15) is 8.42 Å². The van der Waals surface area contributed by atoms with Crippen LogP contribution in [0.3, 0.4) is 0 Å². The largest absolute Gasteiger partial charge is 0.464 e. The van der Waals surface area contributed by atoms with Gasteiger partial charge in [-0.15, -0.1) is 0 Å². The molecule has 0 spiro atoms. The molecular weight excluding hydrogens is 286 g/mol. The summed E-state index contributed by atoms with van der Waals surface area (Å²) < 4.78 is 32.4. The molecule has 1 aromatic carbocycles. The Hall–Kier alpha value is -1.59. The summed E-state index contributed by atoms with van der Waals surface area (Å²) in [5.74, 6) is 1.28. The molecule has 0 amide bonds. The minimum absolute atomic E-state index is 0.339. The highest BCUT2D eigenvalue weighted by Gasteiger charge is 2.28. The third-order valence-electron chi connectivity index (χ3n) is 4.02. The van der Waals surface area contributed by atoms with Crippen molar-refractivity contribution in [3.63, 3.8) is 0 Å². The molecule has 0 saturated carbocycles. The summed E-state index contributed by atoms with van der Waals surface area (Å²) in [6.07, 6.45) is 3.44. The first-order valence-electron chi connectivity index (χ1n) is 7.21. The second-order valence-corrected chi connectivity index (χ2v) is 7.53. The first kappa shape index (κ1) is 14.4. The van der Waals surface area contributed by atoms with Crippen LogP contribution in [0.25, 0.3) is 11.3 Å². The molecule has 0 aliphatic carbocycles. The average molecular weight is 305 g/mol. The van der Waals surface area contributed by atoms with Gasteiger partial charge in [0.2, 0.25) is 10.0 Å². The zero-order chi connectivity index (χ0) is 14.9. The van der Waals surface area contributed by atoms with Gasteiger partial charge in [-0.2, -0.15) is 4.31 Å². The predicted octanol–water partition coefficient (Wildman–Crippen LogP) is 3.37. The van der Waals surface area contributed by atoms with E-state index in [1.807, 2.05) is 12.1 Å². The number of furan rings is 1. The molecule has 0 atom stereocenters. The number of benzene rings is 1. The summed E-state index contributed by atoms with van der Waals surface area (Å²) in [4.78, 5) is 0.339. The summed E-state index contributed by atoms with van der Waals surface area (Å²) in [7, 11) is -3.41. The lowest BCUT2D eigenvalue weighted by Crippen LogP contribution is -2.37. The molecule has 2 aromatic rings. The molecule has 0 bridgehead atoms. The molecule has 1 aromatic heterocycles. The molecule has 2 heterocycles. The second kappa shape index (κ2) is 5.66. The number of sulfonamides is 1. The van der Waals surface area contributed by atoms with Crippen molar-refractivity contribution in [3.8, 4) is 11.3 Å². The SMILES string of the molecule is CC1CCN(S(=O)(=O)c2cccc(-c3ccco3)c2)CC1. The smallest absolute Gasteiger partial charge is 0.243 e. The average Bonchev–Trinajstić information content (AvgIpc) is 3.02. The number of piperidine rings is 1. The minimum Gasteiger partial charge on any atom is -0.464 e. The molecule has 4 nitrogen and oxygen atoms in total. The van der Waals surface area contributed by atoms with Crippen molar-refractivity contribution < 1.29 is 12.8 Å². The Kier molecular flexibility index (Phi) is 3.87. The fourth-order valence-corrected chi connectivity index (χ4v) is 4.14. The predicted molar refractivity (Wildman–Crippen MR) is 81.3 cm³/mol. The van der Waals surface area contributed by atoms with Crippen LogP contribution in [0.1, 0.15) is 19.8 Å². The van der Waals surface area contributed by atoms with E-state index in [4.69, 9.17) is 4.42 Å². The zero-order valence-corrected chi connectivity index (χ0v) is 12.8. The van der Waals surface area contributed by atoms with Crippen LogP contribution in [-0.4, -0.2) is 25.8 Å². The normalized spacial score (nSPS) is 18.0. The first-order valence-corrected chi connectivity index (χ1v) is 8.65. The Bertz CT molecular complexity index is 699. The van der Waals surface area contributed by atoms with Crippen LogP contribution in [-0.2, 0) is 10.0 Å². The number of hydrogen-bond donors (Lipinski definition) is 0. The van der Waals surface area contributed by atoms with Gasteiger partial charge in [-0.25, -0.2) is 8.42 Å². The van der Waals surface area contributed by atoms with Gasteiger partial charge in [0, 0.05) is 18.7 Å². The molecule has 0 N–H and O–H groups in total. The van der Waals surface area contributed by atoms with Crippen LogP contribution >= 0.6 is 0 Å². The molecule has 112 valence electrons. The highest BCUT2D eigenvalue weighted by Crippen LogP contribution is 2.27. The summed E-state index contributed by atoms with van der Waals surface area (Å²) >= 11 is 0. The summed E-state index contributed by atoms with van der Waals surface area (Å²) in [6.45, 7) is 3.38. The maximum atomic E-state index is 12.7. The van der Waals surface area contributed by atoms with Gasteiger partial charge in [-0.05, 0) is 43.0 Å². The maximum absolute atomic E-state index is 12.7. The van der Waals surface area contributed by atoms with Gasteiger partial charge in [-0.3, -0.25) is 0 Å². The molecular formula is C16H19NO3S. The van der Waals surface area contributed by atoms with Crippen LogP contribution in [0.2, 0.25) is 0 Å². The van der Waals surface area contributed by atoms with Crippen LogP contribution in [0, 0.1) is 5.92 Å². The molecule has 1 fully saturated rings. The Balaban J connectivity index is 1.91. The molecule has 0 unspecified atom stereocenters. The third-order valence-corrected chi connectivity index (χ3v) is 5.91. The van der Waals surface area contributed by atoms with E-state index >= 15 is 0 Å². The third kappa shape index (κ3) is 2.89. The Morgan fingerprint density at radius 3 is 2.57 bits per heavy atom. The van der Waals surface area contributed by atoms with Crippen molar-refractivity contribution in [2.45, 2.75) is 24.7 Å². The standard InChI is InChI=1S/C16H19NO3S/c1-13-7-9-17(10-8-13)21(18,19)15-5-2-4-14(12-15)16-6-3-11-20-16/h2-6,11-13H,7-10H2,1H3. The van der Waals surface area contributed by atoms with Crippen molar-refractivity contribution in [1.82, 2.24) is 4.31 Å². The lowest BCUT2D eigenvalue weighted by molar-refractivity contribution is 0.288. The van der Waals surface area contributed by atoms with Crippen LogP contribution in [0.4, 0.5) is 0 Å². The van der Waals surface area contributed by atoms with Crippen molar-refractivity contribution in [3.05, 3.63) is 42.7 Å². The van der Waals surface area contributed by atoms with Gasteiger partial charge >= 0.3 is 0 Å². The van der Waals surface area contributed by atoms with Crippen molar-refractivity contribution in [2.24, 2.45) is 5.92 Å². The van der Waals surface area contributed by atoms with Gasteiger partial charge in [0.1, 0.15) is 5.76 Å². The van der Waals surface area contributed by atoms with Crippen LogP contribution in [0.5, 0.6) is 0 Å². The molecule has 1 saturated heterocycles. The van der Waals surface area contributed by atoms with E-state index in [0.29, 0.717) is 29.7 Å². The van der Waals surface area contributed by atoms with Gasteiger partial charge in [0.25, 0.3) is 0 Å². The quantitative estimate of drug-likeness (QED) is 0.873. The van der Waals surface area contributed by atoms with Crippen LogP contribution < -0.4 is 0 Å². The van der Waals surface area contributed by atoms with E-state index in [1.165, 1.54) is 0 Å². The lowest BCUT2D eigenvalue weighted by atomic mass is 10.0. The van der Waals surface area contributed by atoms with Gasteiger partial charge in [0.15, 0.2) is 0 Å². The van der Waals surface area contributed by atoms with E-state index in [0.717, 1.165) is 18.4 Å². The second-order valence-electron chi connectivity index (χ2n) is 5.59. The van der Waals surface area contributed by atoms with Gasteiger partial charge in [-0.1, -0.05) is 19.1 Å². The topological polar surface area (TPSA) is 50.5 Å². The van der Waals surface area contributed by atoms with E-state index < -0.39 is 10.0 Å². The van der Waals surface area contributed by atoms with E-state index in [2.05, 4.69) is 6.92 Å². The van der Waals surface area contributed by atoms with Gasteiger partial charge < -0.3 is 4.42 Å². The van der Waals surface area contributed by atoms with Crippen molar-refractivity contribution in [1.29, 1.82) is 0 Å². The highest BCUT2D eigenvalue weighted by atomic mass is 32.2. The first-order chi connectivity index (χ1) is 10.1. The molecule has 1 aliphatic rings. The minimum atomic E-state index is -3.41. The van der Waals surface area contributed by atoms with Crippen LogP contribution in [0.15, 0.2) is 52.0 Å². The fourth-order valence-electron chi connectivity index (χ4n) is 2.63. The summed E-state index contributed by atoms with van der Waals surface area (Å²) in [5.41, 5.74) is 0.784. The maximum Gasteiger partial charge on any atom is 0.243 e. The summed E-state index contributed by atoms with van der Waals surface area (Å²) in [6, 6.07) is 10.6. The highest BCUT2D eigenvalue weighted by molar-refractivity contribution is 7.89. The molecule has 5 heteroatoms. The molecule has 21 heavy (non-hydrogen) atoms. The van der Waals surface area contributed by atoms with E-state index in [1.54, 1.807) is 34.8 Å². The van der Waals surface area contributed by atoms with Crippen molar-refractivity contribution in [2.75, 3.05) is 13.1 Å².